The summed E-state index contributed by atoms with van der Waals surface area (Å²) in [5.41, 5.74) is -1.92. The van der Waals surface area contributed by atoms with Gasteiger partial charge in [-0.15, -0.1) is 6.58 Å². The van der Waals surface area contributed by atoms with Crippen molar-refractivity contribution in [3.05, 3.63) is 12.7 Å². The molecule has 0 bridgehead atoms. The molecule has 2 saturated carbocycles. The number of aliphatic hydroxyl groups excluding tert-OH is 4. The average molecular weight is 471 g/mol. The maximum absolute atomic E-state index is 11.5. The molecule has 0 amide bonds. The van der Waals surface area contributed by atoms with Gasteiger partial charge in [-0.05, 0) is 82.0 Å². The summed E-state index contributed by atoms with van der Waals surface area (Å²) in [5, 5.41) is 52.2. The van der Waals surface area contributed by atoms with E-state index in [9.17, 15) is 25.5 Å². The van der Waals surface area contributed by atoms with E-state index in [0.717, 1.165) is 25.7 Å². The first-order valence-electron chi connectivity index (χ1n) is 12.6. The minimum Gasteiger partial charge on any atom is -0.396 e. The van der Waals surface area contributed by atoms with Gasteiger partial charge >= 0.3 is 0 Å². The van der Waals surface area contributed by atoms with Crippen LogP contribution in [0.3, 0.4) is 0 Å². The third-order valence-corrected chi connectivity index (χ3v) is 9.50. The first-order valence-corrected chi connectivity index (χ1v) is 12.6. The Morgan fingerprint density at radius 2 is 1.76 bits per heavy atom. The van der Waals surface area contributed by atoms with Crippen LogP contribution in [0.15, 0.2) is 12.7 Å². The number of hydrogen-bond donors (Lipinski definition) is 5. The van der Waals surface area contributed by atoms with E-state index in [1.807, 2.05) is 13.8 Å². The fourth-order valence-corrected chi connectivity index (χ4v) is 7.28. The van der Waals surface area contributed by atoms with E-state index in [-0.39, 0.29) is 23.4 Å². The summed E-state index contributed by atoms with van der Waals surface area (Å²) in [5.74, 6) is 0.354. The smallest absolute Gasteiger partial charge is 0.187 e. The average Bonchev–Trinajstić information content (AvgIpc) is 2.75. The third kappa shape index (κ3) is 4.92. The van der Waals surface area contributed by atoms with E-state index < -0.39 is 41.9 Å². The van der Waals surface area contributed by atoms with Gasteiger partial charge in [-0.3, -0.25) is 0 Å². The second kappa shape index (κ2) is 9.49. The summed E-state index contributed by atoms with van der Waals surface area (Å²) < 4.78 is 11.8. The fourth-order valence-electron chi connectivity index (χ4n) is 7.28. The zero-order valence-electron chi connectivity index (χ0n) is 21.0. The fraction of sp³-hybridized carbons (Fsp3) is 0.923. The van der Waals surface area contributed by atoms with Crippen LogP contribution >= 0.6 is 0 Å². The van der Waals surface area contributed by atoms with E-state index in [0.29, 0.717) is 25.2 Å². The molecule has 11 atom stereocenters. The van der Waals surface area contributed by atoms with Gasteiger partial charge in [0.05, 0.1) is 17.3 Å². The maximum atomic E-state index is 11.5. The predicted octanol–water partition coefficient (Wildman–Crippen LogP) is 2.52. The topological polar surface area (TPSA) is 120 Å². The molecule has 33 heavy (non-hydrogen) atoms. The van der Waals surface area contributed by atoms with Gasteiger partial charge in [-0.25, -0.2) is 0 Å². The molecule has 192 valence electrons. The number of hydrogen-bond acceptors (Lipinski definition) is 7. The third-order valence-electron chi connectivity index (χ3n) is 9.50. The summed E-state index contributed by atoms with van der Waals surface area (Å²) in [6.45, 7) is 14.0. The second-order valence-corrected chi connectivity index (χ2v) is 12.0. The molecule has 2 aliphatic carbocycles. The van der Waals surface area contributed by atoms with Crippen LogP contribution in [0.4, 0.5) is 0 Å². The van der Waals surface area contributed by atoms with Gasteiger partial charge in [0.25, 0.3) is 0 Å². The van der Waals surface area contributed by atoms with Crippen LogP contribution in [-0.4, -0.2) is 74.0 Å². The summed E-state index contributed by atoms with van der Waals surface area (Å²) in [7, 11) is 0. The molecule has 0 aromatic heterocycles. The molecule has 1 saturated heterocycles. The van der Waals surface area contributed by atoms with Gasteiger partial charge < -0.3 is 35.0 Å². The quantitative estimate of drug-likeness (QED) is 0.363. The van der Waals surface area contributed by atoms with Crippen molar-refractivity contribution in [2.45, 2.75) is 121 Å². The van der Waals surface area contributed by atoms with Crippen molar-refractivity contribution in [1.82, 2.24) is 0 Å². The largest absolute Gasteiger partial charge is 0.396 e. The molecule has 5 N–H and O–H groups in total. The van der Waals surface area contributed by atoms with Crippen LogP contribution in [0.5, 0.6) is 0 Å². The van der Waals surface area contributed by atoms with Gasteiger partial charge in [-0.2, -0.15) is 0 Å². The number of aliphatic hydroxyl groups is 5. The van der Waals surface area contributed by atoms with Crippen LogP contribution in [0.1, 0.15) is 79.6 Å². The van der Waals surface area contributed by atoms with Crippen LogP contribution in [0.25, 0.3) is 0 Å². The Balaban J connectivity index is 1.78. The lowest BCUT2D eigenvalue weighted by Crippen LogP contribution is -2.59. The van der Waals surface area contributed by atoms with Crippen LogP contribution in [0.2, 0.25) is 0 Å². The number of rotatable bonds is 7. The van der Waals surface area contributed by atoms with Gasteiger partial charge in [-0.1, -0.05) is 26.3 Å². The summed E-state index contributed by atoms with van der Waals surface area (Å²) in [6, 6.07) is 0. The Labute approximate surface area is 198 Å². The molecule has 0 radical (unpaired) electrons. The summed E-state index contributed by atoms with van der Waals surface area (Å²) in [6.07, 6.45) is 1.90. The summed E-state index contributed by atoms with van der Waals surface area (Å²) >= 11 is 0. The molecule has 7 nitrogen and oxygen atoms in total. The van der Waals surface area contributed by atoms with Crippen LogP contribution < -0.4 is 0 Å². The maximum Gasteiger partial charge on any atom is 0.187 e. The molecular weight excluding hydrogens is 424 g/mol. The molecule has 0 aromatic carbocycles. The van der Waals surface area contributed by atoms with Crippen molar-refractivity contribution in [2.24, 2.45) is 22.7 Å². The van der Waals surface area contributed by atoms with Crippen LogP contribution in [-0.2, 0) is 9.47 Å². The van der Waals surface area contributed by atoms with Gasteiger partial charge in [0, 0.05) is 6.61 Å². The second-order valence-electron chi connectivity index (χ2n) is 12.0. The van der Waals surface area contributed by atoms with Crippen LogP contribution in [0, 0.1) is 22.7 Å². The van der Waals surface area contributed by atoms with Gasteiger partial charge in [0.2, 0.25) is 0 Å². The first kappa shape index (κ1) is 27.1. The minimum atomic E-state index is -1.38. The Hall–Kier alpha value is -0.540. The zero-order valence-corrected chi connectivity index (χ0v) is 21.0. The lowest BCUT2D eigenvalue weighted by molar-refractivity contribution is -0.313. The standard InChI is InChI=1S/C26H46O7/c1-7-24(4,33-22-21(30)20(29)19(28)16(2)32-22)13-9-18-25(5)12-8-11-23(3,15-27)17(25)10-14-26(18,6)31/h7,16-22,27-31H,1,8-15H2,2-6H3/t16-,17+,18-,19-,20+,21+,22-,23-,24+,25+,26+/m0/s1. The highest BCUT2D eigenvalue weighted by Crippen LogP contribution is 2.63. The monoisotopic (exact) mass is 470 g/mol. The van der Waals surface area contributed by atoms with E-state index >= 15 is 0 Å². The Morgan fingerprint density at radius 1 is 1.09 bits per heavy atom. The van der Waals surface area contributed by atoms with Crippen molar-refractivity contribution in [3.63, 3.8) is 0 Å². The van der Waals surface area contributed by atoms with Gasteiger partial charge in [0.1, 0.15) is 18.3 Å². The molecule has 3 fully saturated rings. The highest BCUT2D eigenvalue weighted by atomic mass is 16.7. The molecule has 0 unspecified atom stereocenters. The minimum absolute atomic E-state index is 0.0151. The Kier molecular flexibility index (Phi) is 7.78. The lowest BCUT2D eigenvalue weighted by atomic mass is 9.44. The van der Waals surface area contributed by atoms with Gasteiger partial charge in [0.15, 0.2) is 6.29 Å². The number of ether oxygens (including phenoxy) is 2. The van der Waals surface area contributed by atoms with E-state index in [2.05, 4.69) is 20.4 Å². The normalized spacial score (nSPS) is 50.3. The van der Waals surface area contributed by atoms with Crippen molar-refractivity contribution in [3.8, 4) is 0 Å². The molecular formula is C26H46O7. The SMILES string of the molecule is C=C[C@](C)(CC[C@H]1[C@]2(C)CCC[C@@](C)(CO)[C@H]2CC[C@@]1(C)O)O[C@@H]1O[C@@H](C)[C@H](O)[C@@H](O)[C@H]1O. The molecule has 3 aliphatic rings. The first-order chi connectivity index (χ1) is 15.2. The zero-order chi connectivity index (χ0) is 24.8. The highest BCUT2D eigenvalue weighted by Gasteiger charge is 2.59. The van der Waals surface area contributed by atoms with Crippen molar-refractivity contribution in [2.75, 3.05) is 6.61 Å². The number of fused-ring (bicyclic) bond motifs is 1. The molecule has 1 heterocycles. The van der Waals surface area contributed by atoms with E-state index in [4.69, 9.17) is 9.47 Å². The Morgan fingerprint density at radius 3 is 2.36 bits per heavy atom. The molecule has 0 aromatic rings. The van der Waals surface area contributed by atoms with Crippen molar-refractivity contribution >= 4 is 0 Å². The molecule has 0 spiro atoms. The predicted molar refractivity (Wildman–Crippen MR) is 125 cm³/mol. The molecule has 7 heteroatoms. The lowest BCUT2D eigenvalue weighted by Gasteiger charge is -2.62. The molecule has 3 rings (SSSR count). The van der Waals surface area contributed by atoms with E-state index in [1.165, 1.54) is 0 Å². The Bertz CT molecular complexity index is 698. The van der Waals surface area contributed by atoms with Crippen molar-refractivity contribution < 1.29 is 35.0 Å². The van der Waals surface area contributed by atoms with Crippen molar-refractivity contribution in [1.29, 1.82) is 0 Å². The summed E-state index contributed by atoms with van der Waals surface area (Å²) in [4.78, 5) is 0. The molecule has 1 aliphatic heterocycles. The van der Waals surface area contributed by atoms with E-state index in [1.54, 1.807) is 13.0 Å². The highest BCUT2D eigenvalue weighted by molar-refractivity contribution is 5.09.